The summed E-state index contributed by atoms with van der Waals surface area (Å²) in [5.74, 6) is -0.0301. The van der Waals surface area contributed by atoms with E-state index < -0.39 is 0 Å². The van der Waals surface area contributed by atoms with Crippen LogP contribution in [-0.2, 0) is 11.3 Å². The quantitative estimate of drug-likeness (QED) is 0.877. The number of aromatic nitrogens is 4. The van der Waals surface area contributed by atoms with Crippen molar-refractivity contribution < 1.29 is 9.59 Å². The molecule has 122 valence electrons. The predicted molar refractivity (Wildman–Crippen MR) is 83.9 cm³/mol. The molecule has 0 aliphatic carbocycles. The highest BCUT2D eigenvalue weighted by Gasteiger charge is 2.24. The average molecular weight is 334 g/mol. The molecule has 1 fully saturated rings. The van der Waals surface area contributed by atoms with E-state index in [9.17, 15) is 9.59 Å². The third-order valence-electron chi connectivity index (χ3n) is 3.84. The van der Waals surface area contributed by atoms with Gasteiger partial charge >= 0.3 is 0 Å². The van der Waals surface area contributed by atoms with Crippen LogP contribution in [0.2, 0.25) is 0 Å². The molecule has 1 N–H and O–H groups in total. The van der Waals surface area contributed by atoms with Crippen molar-refractivity contribution in [2.24, 2.45) is 0 Å². The van der Waals surface area contributed by atoms with Gasteiger partial charge in [0.05, 0.1) is 4.88 Å². The van der Waals surface area contributed by atoms with Gasteiger partial charge in [-0.15, -0.1) is 16.4 Å². The number of nitrogens with one attached hydrogen (secondary N) is 1. The van der Waals surface area contributed by atoms with Crippen LogP contribution in [0, 0.1) is 6.92 Å². The van der Waals surface area contributed by atoms with E-state index in [0.29, 0.717) is 13.1 Å². The second kappa shape index (κ2) is 6.86. The Kier molecular flexibility index (Phi) is 4.65. The summed E-state index contributed by atoms with van der Waals surface area (Å²) in [5, 5.41) is 13.8. The van der Waals surface area contributed by atoms with Crippen molar-refractivity contribution >= 4 is 23.2 Å². The number of carbonyl (C=O) groups is 2. The van der Waals surface area contributed by atoms with E-state index in [1.807, 2.05) is 19.1 Å². The van der Waals surface area contributed by atoms with Gasteiger partial charge in [0.2, 0.25) is 5.91 Å². The van der Waals surface area contributed by atoms with Crippen molar-refractivity contribution in [3.05, 3.63) is 28.2 Å². The number of rotatable bonds is 4. The molecule has 0 radical (unpaired) electrons. The zero-order valence-corrected chi connectivity index (χ0v) is 13.6. The largest absolute Gasteiger partial charge is 0.348 e. The van der Waals surface area contributed by atoms with E-state index in [-0.39, 0.29) is 24.4 Å². The monoisotopic (exact) mass is 334 g/mol. The Hall–Kier alpha value is -2.29. The number of tetrazole rings is 1. The number of thiophene rings is 1. The molecule has 0 unspecified atom stereocenters. The summed E-state index contributed by atoms with van der Waals surface area (Å²) < 4.78 is 1.41. The highest BCUT2D eigenvalue weighted by molar-refractivity contribution is 7.13. The fraction of sp³-hybridized carbons (Fsp3) is 0.500. The molecular formula is C14H18N6O2S. The van der Waals surface area contributed by atoms with Gasteiger partial charge in [0.1, 0.15) is 12.9 Å². The van der Waals surface area contributed by atoms with Crippen LogP contribution in [0.15, 0.2) is 18.5 Å². The molecule has 3 heterocycles. The Balaban J connectivity index is 1.46. The van der Waals surface area contributed by atoms with Crippen molar-refractivity contribution in [1.82, 2.24) is 30.4 Å². The highest BCUT2D eigenvalue weighted by Crippen LogP contribution is 2.17. The van der Waals surface area contributed by atoms with E-state index in [1.54, 1.807) is 4.90 Å². The van der Waals surface area contributed by atoms with Gasteiger partial charge in [-0.1, -0.05) is 0 Å². The van der Waals surface area contributed by atoms with Gasteiger partial charge in [0.15, 0.2) is 0 Å². The second-order valence-corrected chi connectivity index (χ2v) is 6.83. The molecule has 3 rings (SSSR count). The minimum absolute atomic E-state index is 0.00374. The third-order valence-corrected chi connectivity index (χ3v) is 4.84. The topological polar surface area (TPSA) is 93.0 Å². The van der Waals surface area contributed by atoms with Crippen LogP contribution in [0.4, 0.5) is 0 Å². The molecule has 0 bridgehead atoms. The van der Waals surface area contributed by atoms with Gasteiger partial charge < -0.3 is 10.2 Å². The van der Waals surface area contributed by atoms with E-state index in [1.165, 1.54) is 22.3 Å². The maximum Gasteiger partial charge on any atom is 0.261 e. The van der Waals surface area contributed by atoms with Gasteiger partial charge in [-0.2, -0.15) is 0 Å². The standard InChI is InChI=1S/C14H18N6O2S/c1-10-2-3-12(23-10)14(22)16-11-4-6-19(7-5-11)13(21)8-20-9-15-17-18-20/h2-3,9,11H,4-8H2,1H3,(H,16,22). The lowest BCUT2D eigenvalue weighted by Crippen LogP contribution is -2.47. The number of aryl methyl sites for hydroxylation is 1. The number of amides is 2. The van der Waals surface area contributed by atoms with Crippen LogP contribution in [0.1, 0.15) is 27.4 Å². The lowest BCUT2D eigenvalue weighted by Gasteiger charge is -2.32. The fourth-order valence-electron chi connectivity index (χ4n) is 2.58. The lowest BCUT2D eigenvalue weighted by atomic mass is 10.0. The molecule has 2 amide bonds. The molecule has 23 heavy (non-hydrogen) atoms. The molecule has 1 aliphatic heterocycles. The van der Waals surface area contributed by atoms with Gasteiger partial charge in [0.25, 0.3) is 5.91 Å². The van der Waals surface area contributed by atoms with Crippen molar-refractivity contribution in [1.29, 1.82) is 0 Å². The van der Waals surface area contributed by atoms with E-state index in [0.717, 1.165) is 22.6 Å². The summed E-state index contributed by atoms with van der Waals surface area (Å²) in [7, 11) is 0. The summed E-state index contributed by atoms with van der Waals surface area (Å²) >= 11 is 1.49. The summed E-state index contributed by atoms with van der Waals surface area (Å²) in [5.41, 5.74) is 0. The van der Waals surface area contributed by atoms with Crippen LogP contribution in [0.3, 0.4) is 0 Å². The third kappa shape index (κ3) is 3.92. The maximum atomic E-state index is 12.1. The van der Waals surface area contributed by atoms with Crippen LogP contribution >= 0.6 is 11.3 Å². The molecule has 0 saturated carbocycles. The number of carbonyl (C=O) groups excluding carboxylic acids is 2. The Morgan fingerprint density at radius 1 is 1.35 bits per heavy atom. The van der Waals surface area contributed by atoms with Gasteiger partial charge in [0, 0.05) is 24.0 Å². The van der Waals surface area contributed by atoms with E-state index in [2.05, 4.69) is 20.8 Å². The molecule has 0 atom stereocenters. The molecular weight excluding hydrogens is 316 g/mol. The Morgan fingerprint density at radius 2 is 2.13 bits per heavy atom. The number of likely N-dealkylation sites (tertiary alicyclic amines) is 1. The minimum atomic E-state index is -0.0263. The van der Waals surface area contributed by atoms with Gasteiger partial charge in [-0.3, -0.25) is 9.59 Å². The van der Waals surface area contributed by atoms with Crippen molar-refractivity contribution in [2.75, 3.05) is 13.1 Å². The van der Waals surface area contributed by atoms with Crippen LogP contribution in [-0.4, -0.2) is 56.1 Å². The first kappa shape index (κ1) is 15.6. The van der Waals surface area contributed by atoms with E-state index >= 15 is 0 Å². The Morgan fingerprint density at radius 3 is 2.74 bits per heavy atom. The zero-order valence-electron chi connectivity index (χ0n) is 12.8. The molecule has 2 aromatic rings. The first-order valence-corrected chi connectivity index (χ1v) is 8.29. The molecule has 9 heteroatoms. The van der Waals surface area contributed by atoms with Gasteiger partial charge in [-0.05, 0) is 42.3 Å². The van der Waals surface area contributed by atoms with Crippen molar-refractivity contribution in [3.63, 3.8) is 0 Å². The zero-order chi connectivity index (χ0) is 16.2. The second-order valence-electron chi connectivity index (χ2n) is 5.55. The minimum Gasteiger partial charge on any atom is -0.348 e. The molecule has 0 aromatic carbocycles. The van der Waals surface area contributed by atoms with Crippen LogP contribution < -0.4 is 5.32 Å². The number of hydrogen-bond acceptors (Lipinski definition) is 6. The molecule has 1 saturated heterocycles. The average Bonchev–Trinajstić information content (AvgIpc) is 3.19. The predicted octanol–water partition coefficient (Wildman–Crippen LogP) is 0.464. The van der Waals surface area contributed by atoms with Crippen LogP contribution in [0.25, 0.3) is 0 Å². The number of hydrogen-bond donors (Lipinski definition) is 1. The summed E-state index contributed by atoms with van der Waals surface area (Å²) in [6, 6.07) is 3.90. The lowest BCUT2D eigenvalue weighted by molar-refractivity contribution is -0.133. The molecule has 2 aromatic heterocycles. The maximum absolute atomic E-state index is 12.1. The highest BCUT2D eigenvalue weighted by atomic mass is 32.1. The van der Waals surface area contributed by atoms with Crippen LogP contribution in [0.5, 0.6) is 0 Å². The summed E-state index contributed by atoms with van der Waals surface area (Å²) in [4.78, 5) is 27.9. The normalized spacial score (nSPS) is 15.6. The smallest absolute Gasteiger partial charge is 0.261 e. The summed E-state index contributed by atoms with van der Waals surface area (Å²) in [6.45, 7) is 3.40. The molecule has 0 spiro atoms. The Labute approximate surface area is 137 Å². The van der Waals surface area contributed by atoms with E-state index in [4.69, 9.17) is 0 Å². The first-order chi connectivity index (χ1) is 11.1. The fourth-order valence-corrected chi connectivity index (χ4v) is 3.35. The Bertz CT molecular complexity index is 675. The van der Waals surface area contributed by atoms with Crippen molar-refractivity contribution in [2.45, 2.75) is 32.4 Å². The van der Waals surface area contributed by atoms with Gasteiger partial charge in [-0.25, -0.2) is 4.68 Å². The molecule has 1 aliphatic rings. The van der Waals surface area contributed by atoms with Crippen molar-refractivity contribution in [3.8, 4) is 0 Å². The number of nitrogens with zero attached hydrogens (tertiary/aromatic N) is 5. The summed E-state index contributed by atoms with van der Waals surface area (Å²) in [6.07, 6.45) is 2.95. The SMILES string of the molecule is Cc1ccc(C(=O)NC2CCN(C(=O)Cn3cnnn3)CC2)s1. The molecule has 8 nitrogen and oxygen atoms in total. The number of piperidine rings is 1. The first-order valence-electron chi connectivity index (χ1n) is 7.47.